The van der Waals surface area contributed by atoms with Crippen LogP contribution in [0.1, 0.15) is 11.7 Å². The molecule has 0 amide bonds. The third-order valence-electron chi connectivity index (χ3n) is 4.52. The van der Waals surface area contributed by atoms with Crippen LogP contribution < -0.4 is 5.56 Å². The number of benzene rings is 3. The van der Waals surface area contributed by atoms with E-state index in [-0.39, 0.29) is 12.1 Å². The molecule has 0 radical (unpaired) electrons. The molecule has 3 aromatic carbocycles. The van der Waals surface area contributed by atoms with Crippen molar-refractivity contribution in [3.8, 4) is 11.3 Å². The molecule has 0 unspecified atom stereocenters. The van der Waals surface area contributed by atoms with Crippen molar-refractivity contribution >= 4 is 26.7 Å². The maximum atomic E-state index is 12.9. The lowest BCUT2D eigenvalue weighted by molar-refractivity contribution is 0.150. The zero-order valence-corrected chi connectivity index (χ0v) is 16.0. The van der Waals surface area contributed by atoms with Crippen molar-refractivity contribution in [3.63, 3.8) is 0 Å². The van der Waals surface area contributed by atoms with Gasteiger partial charge in [0.1, 0.15) is 0 Å². The van der Waals surface area contributed by atoms with Crippen LogP contribution in [0.25, 0.3) is 22.0 Å². The summed E-state index contributed by atoms with van der Waals surface area (Å²) in [5.74, 6) is 0. The normalized spacial score (nSPS) is 12.2. The lowest BCUT2D eigenvalue weighted by atomic mass is 10.0. The van der Waals surface area contributed by atoms with Gasteiger partial charge < -0.3 is 5.11 Å². The van der Waals surface area contributed by atoms with E-state index in [0.717, 1.165) is 26.7 Å². The molecule has 4 nitrogen and oxygen atoms in total. The van der Waals surface area contributed by atoms with E-state index in [9.17, 15) is 9.90 Å². The van der Waals surface area contributed by atoms with Gasteiger partial charge in [0, 0.05) is 15.4 Å². The fourth-order valence-electron chi connectivity index (χ4n) is 3.12. The monoisotopic (exact) mass is 420 g/mol. The minimum atomic E-state index is -0.810. The maximum absolute atomic E-state index is 12.9. The summed E-state index contributed by atoms with van der Waals surface area (Å²) < 4.78 is 2.33. The second-order valence-corrected chi connectivity index (χ2v) is 7.23. The average Bonchev–Trinajstić information content (AvgIpc) is 2.71. The molecule has 134 valence electrons. The molecule has 0 aliphatic heterocycles. The van der Waals surface area contributed by atoms with Crippen molar-refractivity contribution in [1.82, 2.24) is 9.78 Å². The molecular formula is C22H17BrN2O2. The van der Waals surface area contributed by atoms with E-state index in [4.69, 9.17) is 0 Å². The Morgan fingerprint density at radius 3 is 2.22 bits per heavy atom. The van der Waals surface area contributed by atoms with Crippen LogP contribution in [-0.2, 0) is 6.54 Å². The van der Waals surface area contributed by atoms with Gasteiger partial charge in [-0.25, -0.2) is 4.68 Å². The van der Waals surface area contributed by atoms with Crippen LogP contribution in [0, 0.1) is 0 Å². The first-order valence-corrected chi connectivity index (χ1v) is 9.41. The van der Waals surface area contributed by atoms with Crippen LogP contribution in [0.3, 0.4) is 0 Å². The van der Waals surface area contributed by atoms with Crippen LogP contribution in [0.2, 0.25) is 0 Å². The van der Waals surface area contributed by atoms with Gasteiger partial charge in [-0.05, 0) is 23.8 Å². The highest BCUT2D eigenvalue weighted by Crippen LogP contribution is 2.26. The molecule has 4 aromatic rings. The van der Waals surface area contributed by atoms with Crippen LogP contribution in [0.4, 0.5) is 0 Å². The molecule has 4 rings (SSSR count). The Labute approximate surface area is 164 Å². The topological polar surface area (TPSA) is 55.1 Å². The van der Waals surface area contributed by atoms with Gasteiger partial charge in [0.25, 0.3) is 5.56 Å². The number of hydrogen-bond acceptors (Lipinski definition) is 3. The summed E-state index contributed by atoms with van der Waals surface area (Å²) in [6, 6.07) is 24.5. The van der Waals surface area contributed by atoms with Gasteiger partial charge >= 0.3 is 0 Å². The second-order valence-electron chi connectivity index (χ2n) is 6.31. The third kappa shape index (κ3) is 3.56. The minimum Gasteiger partial charge on any atom is -0.386 e. The Morgan fingerprint density at radius 2 is 1.52 bits per heavy atom. The first-order valence-electron chi connectivity index (χ1n) is 8.62. The molecule has 0 saturated heterocycles. The number of rotatable bonds is 4. The first kappa shape index (κ1) is 17.6. The van der Waals surface area contributed by atoms with Gasteiger partial charge in [-0.15, -0.1) is 0 Å². The van der Waals surface area contributed by atoms with E-state index in [2.05, 4.69) is 21.0 Å². The highest BCUT2D eigenvalue weighted by atomic mass is 79.9. The first-order chi connectivity index (χ1) is 13.1. The van der Waals surface area contributed by atoms with E-state index in [1.807, 2.05) is 72.8 Å². The Kier molecular flexibility index (Phi) is 4.88. The molecule has 27 heavy (non-hydrogen) atoms. The van der Waals surface area contributed by atoms with Crippen molar-refractivity contribution < 1.29 is 5.11 Å². The summed E-state index contributed by atoms with van der Waals surface area (Å²) in [6.45, 7) is 0.0945. The highest BCUT2D eigenvalue weighted by Gasteiger charge is 2.15. The molecule has 0 saturated carbocycles. The fourth-order valence-corrected chi connectivity index (χ4v) is 3.39. The summed E-state index contributed by atoms with van der Waals surface area (Å²) >= 11 is 3.44. The van der Waals surface area contributed by atoms with Crippen LogP contribution in [0.15, 0.2) is 88.1 Å². The lowest BCUT2D eigenvalue weighted by Crippen LogP contribution is -2.26. The Morgan fingerprint density at radius 1 is 0.889 bits per heavy atom. The smallest absolute Gasteiger partial charge is 0.274 e. The van der Waals surface area contributed by atoms with Gasteiger partial charge in [-0.1, -0.05) is 76.6 Å². The van der Waals surface area contributed by atoms with E-state index in [1.165, 1.54) is 4.68 Å². The van der Waals surface area contributed by atoms with E-state index < -0.39 is 6.10 Å². The minimum absolute atomic E-state index is 0.0945. The second kappa shape index (κ2) is 7.47. The van der Waals surface area contributed by atoms with Gasteiger partial charge in [-0.2, -0.15) is 5.10 Å². The Bertz CT molecular complexity index is 1140. The number of aromatic nitrogens is 2. The predicted molar refractivity (Wildman–Crippen MR) is 111 cm³/mol. The molecule has 0 spiro atoms. The number of hydrogen-bond donors (Lipinski definition) is 1. The van der Waals surface area contributed by atoms with E-state index in [1.54, 1.807) is 6.07 Å². The van der Waals surface area contributed by atoms with Gasteiger partial charge in [0.05, 0.1) is 23.7 Å². The molecule has 0 bridgehead atoms. The molecule has 0 fully saturated rings. The quantitative estimate of drug-likeness (QED) is 0.526. The average molecular weight is 421 g/mol. The molecule has 1 atom stereocenters. The largest absolute Gasteiger partial charge is 0.386 e. The van der Waals surface area contributed by atoms with Crippen LogP contribution >= 0.6 is 15.9 Å². The maximum Gasteiger partial charge on any atom is 0.274 e. The van der Waals surface area contributed by atoms with Crippen LogP contribution in [0.5, 0.6) is 0 Å². The van der Waals surface area contributed by atoms with E-state index >= 15 is 0 Å². The number of aliphatic hydroxyl groups is 1. The Balaban J connectivity index is 1.85. The van der Waals surface area contributed by atoms with Gasteiger partial charge in [0.2, 0.25) is 0 Å². The number of aliphatic hydroxyl groups excluding tert-OH is 1. The predicted octanol–water partition coefficient (Wildman–Crippen LogP) is 4.56. The number of halogens is 1. The molecule has 1 N–H and O–H groups in total. The van der Waals surface area contributed by atoms with Crippen molar-refractivity contribution in [1.29, 1.82) is 0 Å². The van der Waals surface area contributed by atoms with Gasteiger partial charge in [0.15, 0.2) is 0 Å². The molecule has 0 aliphatic rings. The van der Waals surface area contributed by atoms with Crippen molar-refractivity contribution in [2.75, 3.05) is 0 Å². The van der Waals surface area contributed by atoms with Crippen molar-refractivity contribution in [2.45, 2.75) is 12.6 Å². The third-order valence-corrected chi connectivity index (χ3v) is 5.04. The van der Waals surface area contributed by atoms with Crippen LogP contribution in [-0.4, -0.2) is 14.9 Å². The zero-order valence-electron chi connectivity index (χ0n) is 14.4. The summed E-state index contributed by atoms with van der Waals surface area (Å²) in [6.07, 6.45) is -0.810. The molecule has 1 aromatic heterocycles. The summed E-state index contributed by atoms with van der Waals surface area (Å²) in [7, 11) is 0. The molecule has 1 heterocycles. The van der Waals surface area contributed by atoms with Crippen molar-refractivity contribution in [3.05, 3.63) is 99.3 Å². The SMILES string of the molecule is O=c1c2ccccc2c(-c2ccc(Br)cc2)nn1C[C@H](O)c1ccccc1. The standard InChI is InChI=1S/C22H17BrN2O2/c23-17-12-10-16(11-13-17)21-18-8-4-5-9-19(18)22(27)25(24-21)14-20(26)15-6-2-1-3-7-15/h1-13,20,26H,14H2/t20-/m0/s1. The molecule has 0 aliphatic carbocycles. The fraction of sp³-hybridized carbons (Fsp3) is 0.0909. The van der Waals surface area contributed by atoms with Gasteiger partial charge in [-0.3, -0.25) is 4.79 Å². The highest BCUT2D eigenvalue weighted by molar-refractivity contribution is 9.10. The summed E-state index contributed by atoms with van der Waals surface area (Å²) in [5, 5.41) is 16.5. The number of nitrogens with zero attached hydrogens (tertiary/aromatic N) is 2. The summed E-state index contributed by atoms with van der Waals surface area (Å²) in [5.41, 5.74) is 2.18. The zero-order chi connectivity index (χ0) is 18.8. The number of fused-ring (bicyclic) bond motifs is 1. The molecule has 5 heteroatoms. The molecular weight excluding hydrogens is 404 g/mol. The van der Waals surface area contributed by atoms with Crippen molar-refractivity contribution in [2.24, 2.45) is 0 Å². The lowest BCUT2D eigenvalue weighted by Gasteiger charge is -2.15. The Hall–Kier alpha value is -2.76. The summed E-state index contributed by atoms with van der Waals surface area (Å²) in [4.78, 5) is 12.9. The van der Waals surface area contributed by atoms with E-state index in [0.29, 0.717) is 5.39 Å².